The number of aryl methyl sites for hydroxylation is 1. The average molecular weight is 508 g/mol. The molecule has 0 radical (unpaired) electrons. The van der Waals surface area contributed by atoms with E-state index in [4.69, 9.17) is 11.6 Å². The minimum absolute atomic E-state index is 0.0240. The summed E-state index contributed by atoms with van der Waals surface area (Å²) in [5.74, 6) is -1.30. The summed E-state index contributed by atoms with van der Waals surface area (Å²) in [6.45, 7) is 1.96. The van der Waals surface area contributed by atoms with E-state index in [-0.39, 0.29) is 28.5 Å². The van der Waals surface area contributed by atoms with E-state index in [1.807, 2.05) is 6.92 Å². The van der Waals surface area contributed by atoms with Crippen LogP contribution in [0.5, 0.6) is 0 Å². The van der Waals surface area contributed by atoms with Crippen LogP contribution in [0.2, 0.25) is 4.34 Å². The van der Waals surface area contributed by atoms with Crippen molar-refractivity contribution in [3.05, 3.63) is 62.7 Å². The van der Waals surface area contributed by atoms with Crippen LogP contribution in [0, 0.1) is 5.82 Å². The van der Waals surface area contributed by atoms with Crippen LogP contribution < -0.4 is 9.62 Å². The van der Waals surface area contributed by atoms with Gasteiger partial charge in [-0.05, 0) is 49.2 Å². The Bertz CT molecular complexity index is 1040. The summed E-state index contributed by atoms with van der Waals surface area (Å²) in [4.78, 5) is 14.6. The highest BCUT2D eigenvalue weighted by Crippen LogP contribution is 2.29. The van der Waals surface area contributed by atoms with E-state index >= 15 is 0 Å². The second kappa shape index (κ2) is 8.52. The summed E-state index contributed by atoms with van der Waals surface area (Å²) < 4.78 is 42.0. The SMILES string of the molecule is CC(Br)c1ccc(N2CC=C(NS(=O)(=O)CCc3ccc(Cl)s3)C2=O)c(F)c1. The molecule has 1 atom stereocenters. The van der Waals surface area contributed by atoms with Crippen LogP contribution in [0.4, 0.5) is 10.1 Å². The van der Waals surface area contributed by atoms with E-state index in [2.05, 4.69) is 20.7 Å². The molecule has 1 aliphatic rings. The normalized spacial score (nSPS) is 15.6. The van der Waals surface area contributed by atoms with E-state index in [1.54, 1.807) is 18.2 Å². The molecule has 1 N–H and O–H groups in total. The van der Waals surface area contributed by atoms with Gasteiger partial charge in [-0.1, -0.05) is 33.6 Å². The summed E-state index contributed by atoms with van der Waals surface area (Å²) >= 11 is 10.5. The van der Waals surface area contributed by atoms with E-state index in [0.717, 1.165) is 10.4 Å². The Morgan fingerprint density at radius 3 is 2.71 bits per heavy atom. The number of carbonyl (C=O) groups excluding carboxylic acids is 1. The first-order chi connectivity index (χ1) is 13.2. The molecule has 0 bridgehead atoms. The molecule has 3 rings (SSSR count). The molecule has 0 saturated carbocycles. The third-order valence-electron chi connectivity index (χ3n) is 4.19. The summed E-state index contributed by atoms with van der Waals surface area (Å²) in [5, 5.41) is 0. The number of nitrogens with zero attached hydrogens (tertiary/aromatic N) is 1. The Labute approximate surface area is 180 Å². The molecule has 1 unspecified atom stereocenters. The standard InChI is InChI=1S/C18H17BrClFN2O3S2/c1-11(19)12-2-4-16(14(21)10-12)23-8-6-15(18(23)24)22-28(25,26)9-7-13-3-5-17(20)27-13/h2-6,10-11,22H,7-9H2,1H3. The first kappa shape index (κ1) is 21.3. The van der Waals surface area contributed by atoms with Crippen LogP contribution >= 0.6 is 38.9 Å². The molecule has 1 aliphatic heterocycles. The third kappa shape index (κ3) is 4.94. The molecular weight excluding hydrogens is 491 g/mol. The number of thiophene rings is 1. The zero-order valence-corrected chi connectivity index (χ0v) is 18.8. The molecule has 0 fully saturated rings. The first-order valence-electron chi connectivity index (χ1n) is 8.36. The number of nitrogens with one attached hydrogen (secondary N) is 1. The van der Waals surface area contributed by atoms with Crippen LogP contribution in [-0.2, 0) is 21.2 Å². The van der Waals surface area contributed by atoms with Gasteiger partial charge in [-0.15, -0.1) is 11.3 Å². The van der Waals surface area contributed by atoms with Gasteiger partial charge >= 0.3 is 0 Å². The molecule has 1 aromatic heterocycles. The number of alkyl halides is 1. The van der Waals surface area contributed by atoms with Crippen molar-refractivity contribution in [1.29, 1.82) is 0 Å². The number of hydrogen-bond donors (Lipinski definition) is 1. The van der Waals surface area contributed by atoms with Gasteiger partial charge in [-0.3, -0.25) is 9.52 Å². The third-order valence-corrected chi connectivity index (χ3v) is 7.28. The van der Waals surface area contributed by atoms with Gasteiger partial charge in [0.2, 0.25) is 10.0 Å². The fourth-order valence-corrected chi connectivity index (χ4v) is 5.32. The van der Waals surface area contributed by atoms with Crippen molar-refractivity contribution < 1.29 is 17.6 Å². The van der Waals surface area contributed by atoms with E-state index in [9.17, 15) is 17.6 Å². The molecule has 5 nitrogen and oxygen atoms in total. The number of carbonyl (C=O) groups is 1. The van der Waals surface area contributed by atoms with Gasteiger partial charge in [0.05, 0.1) is 15.8 Å². The maximum Gasteiger partial charge on any atom is 0.275 e. The number of amides is 1. The number of halogens is 3. The van der Waals surface area contributed by atoms with Crippen LogP contribution in [0.1, 0.15) is 22.2 Å². The largest absolute Gasteiger partial charge is 0.300 e. The lowest BCUT2D eigenvalue weighted by molar-refractivity contribution is -0.114. The summed E-state index contributed by atoms with van der Waals surface area (Å²) in [5.41, 5.74) is 0.789. The lowest BCUT2D eigenvalue weighted by Gasteiger charge is -2.18. The Hall–Kier alpha value is -1.42. The highest BCUT2D eigenvalue weighted by molar-refractivity contribution is 9.09. The van der Waals surface area contributed by atoms with Crippen molar-refractivity contribution >= 4 is 60.5 Å². The van der Waals surface area contributed by atoms with Gasteiger partial charge in [0.15, 0.2) is 0 Å². The van der Waals surface area contributed by atoms with Crippen molar-refractivity contribution in [1.82, 2.24) is 4.72 Å². The summed E-state index contributed by atoms with van der Waals surface area (Å²) in [6.07, 6.45) is 1.74. The Morgan fingerprint density at radius 2 is 2.11 bits per heavy atom. The van der Waals surface area contributed by atoms with Crippen LogP contribution in [0.15, 0.2) is 42.1 Å². The average Bonchev–Trinajstić information content (AvgIpc) is 3.19. The van der Waals surface area contributed by atoms with E-state index < -0.39 is 21.7 Å². The zero-order valence-electron chi connectivity index (χ0n) is 14.8. The molecule has 0 saturated heterocycles. The minimum atomic E-state index is -3.72. The van der Waals surface area contributed by atoms with E-state index in [0.29, 0.717) is 10.8 Å². The smallest absolute Gasteiger partial charge is 0.275 e. The van der Waals surface area contributed by atoms with E-state index in [1.165, 1.54) is 34.4 Å². The maximum atomic E-state index is 14.4. The Balaban J connectivity index is 1.66. The number of rotatable bonds is 7. The molecule has 0 aliphatic carbocycles. The number of hydrogen-bond acceptors (Lipinski definition) is 4. The van der Waals surface area contributed by atoms with Crippen molar-refractivity contribution in [3.8, 4) is 0 Å². The Morgan fingerprint density at radius 1 is 1.36 bits per heavy atom. The topological polar surface area (TPSA) is 66.5 Å². The maximum absolute atomic E-state index is 14.4. The van der Waals surface area contributed by atoms with Gasteiger partial charge < -0.3 is 4.90 Å². The van der Waals surface area contributed by atoms with Gasteiger partial charge in [-0.2, -0.15) is 0 Å². The van der Waals surface area contributed by atoms with Crippen molar-refractivity contribution in [3.63, 3.8) is 0 Å². The minimum Gasteiger partial charge on any atom is -0.300 e. The molecule has 2 heterocycles. The van der Waals surface area contributed by atoms with Gasteiger partial charge in [-0.25, -0.2) is 12.8 Å². The monoisotopic (exact) mass is 506 g/mol. The lowest BCUT2D eigenvalue weighted by Crippen LogP contribution is -2.34. The van der Waals surface area contributed by atoms with Gasteiger partial charge in [0.25, 0.3) is 5.91 Å². The van der Waals surface area contributed by atoms with Crippen molar-refractivity contribution in [2.75, 3.05) is 17.2 Å². The summed E-state index contributed by atoms with van der Waals surface area (Å²) in [7, 11) is -3.72. The molecule has 1 amide bonds. The van der Waals surface area contributed by atoms with Crippen LogP contribution in [-0.4, -0.2) is 26.6 Å². The van der Waals surface area contributed by atoms with Crippen LogP contribution in [0.25, 0.3) is 0 Å². The fraction of sp³-hybridized carbons (Fsp3) is 0.278. The lowest BCUT2D eigenvalue weighted by atomic mass is 10.1. The zero-order chi connectivity index (χ0) is 20.5. The quantitative estimate of drug-likeness (QED) is 0.565. The molecule has 1 aromatic carbocycles. The molecule has 2 aromatic rings. The number of anilines is 1. The molecular formula is C18H17BrClFN2O3S2. The molecule has 0 spiro atoms. The second-order valence-electron chi connectivity index (χ2n) is 6.24. The number of sulfonamides is 1. The molecule has 10 heteroatoms. The first-order valence-corrected chi connectivity index (χ1v) is 12.1. The highest BCUT2D eigenvalue weighted by atomic mass is 79.9. The van der Waals surface area contributed by atoms with Gasteiger partial charge in [0.1, 0.15) is 11.5 Å². The van der Waals surface area contributed by atoms with Gasteiger partial charge in [0, 0.05) is 16.2 Å². The molecule has 150 valence electrons. The predicted octanol–water partition coefficient (Wildman–Crippen LogP) is 4.39. The summed E-state index contributed by atoms with van der Waals surface area (Å²) in [6, 6.07) is 8.07. The second-order valence-corrected chi connectivity index (χ2v) is 11.3. The van der Waals surface area contributed by atoms with Crippen molar-refractivity contribution in [2.45, 2.75) is 18.2 Å². The molecule has 28 heavy (non-hydrogen) atoms. The van der Waals surface area contributed by atoms with Crippen LogP contribution in [0.3, 0.4) is 0 Å². The fourth-order valence-electron chi connectivity index (χ4n) is 2.72. The Kier molecular flexibility index (Phi) is 6.48. The highest BCUT2D eigenvalue weighted by Gasteiger charge is 2.30. The van der Waals surface area contributed by atoms with Crippen molar-refractivity contribution in [2.24, 2.45) is 0 Å². The number of benzene rings is 1. The predicted molar refractivity (Wildman–Crippen MR) is 114 cm³/mol.